The fourth-order valence-corrected chi connectivity index (χ4v) is 2.32. The molecule has 21 heavy (non-hydrogen) atoms. The quantitative estimate of drug-likeness (QED) is 0.573. The Morgan fingerprint density at radius 2 is 2.00 bits per heavy atom. The number of nitrogens with one attached hydrogen (secondary N) is 1. The molecule has 0 unspecified atom stereocenters. The predicted octanol–water partition coefficient (Wildman–Crippen LogP) is 3.13. The van der Waals surface area contributed by atoms with Crippen LogP contribution in [0.25, 0.3) is 10.9 Å². The van der Waals surface area contributed by atoms with Gasteiger partial charge < -0.3 is 15.5 Å². The number of ether oxygens (including phenoxy) is 1. The molecule has 1 aromatic heterocycles. The summed E-state index contributed by atoms with van der Waals surface area (Å²) >= 11 is 0. The average molecular weight is 284 g/mol. The van der Waals surface area contributed by atoms with Crippen molar-refractivity contribution in [3.63, 3.8) is 0 Å². The summed E-state index contributed by atoms with van der Waals surface area (Å²) in [5, 5.41) is 0.799. The van der Waals surface area contributed by atoms with Crippen molar-refractivity contribution in [1.29, 1.82) is 0 Å². The Hall–Kier alpha value is -2.82. The molecule has 0 saturated heterocycles. The number of aromatic amines is 1. The molecular formula is C16H13FN2O2. The second-order valence-corrected chi connectivity index (χ2v) is 4.65. The molecule has 106 valence electrons. The van der Waals surface area contributed by atoms with Gasteiger partial charge in [0.2, 0.25) is 0 Å². The molecule has 0 amide bonds. The minimum Gasteiger partial charge on any atom is -0.496 e. The highest BCUT2D eigenvalue weighted by Crippen LogP contribution is 2.29. The summed E-state index contributed by atoms with van der Waals surface area (Å²) in [4.78, 5) is 15.7. The van der Waals surface area contributed by atoms with Crippen LogP contribution in [0.1, 0.15) is 15.9 Å². The third kappa shape index (κ3) is 2.12. The Labute approximate surface area is 120 Å². The molecule has 3 aromatic rings. The summed E-state index contributed by atoms with van der Waals surface area (Å²) in [5.74, 6) is -0.713. The Balaban J connectivity index is 2.16. The van der Waals surface area contributed by atoms with Crippen LogP contribution in [0, 0.1) is 5.82 Å². The number of fused-ring (bicyclic) bond motifs is 1. The number of ketones is 1. The number of hydrogen-bond donors (Lipinski definition) is 2. The van der Waals surface area contributed by atoms with Gasteiger partial charge in [-0.05, 0) is 12.1 Å². The maximum Gasteiger partial charge on any atom is 0.198 e. The number of methoxy groups -OCH3 is 1. The summed E-state index contributed by atoms with van der Waals surface area (Å²) in [6, 6.07) is 9.88. The molecular weight excluding hydrogens is 271 g/mol. The minimum absolute atomic E-state index is 0.0843. The van der Waals surface area contributed by atoms with E-state index in [1.807, 2.05) is 24.3 Å². The predicted molar refractivity (Wildman–Crippen MR) is 79.1 cm³/mol. The molecule has 3 N–H and O–H groups in total. The monoisotopic (exact) mass is 284 g/mol. The number of aromatic nitrogens is 1. The topological polar surface area (TPSA) is 68.1 Å². The second-order valence-electron chi connectivity index (χ2n) is 4.65. The van der Waals surface area contributed by atoms with E-state index in [4.69, 9.17) is 10.5 Å². The van der Waals surface area contributed by atoms with Gasteiger partial charge in [-0.2, -0.15) is 0 Å². The molecule has 0 bridgehead atoms. The highest BCUT2D eigenvalue weighted by Gasteiger charge is 2.19. The molecule has 0 atom stereocenters. The highest BCUT2D eigenvalue weighted by atomic mass is 19.1. The van der Waals surface area contributed by atoms with E-state index >= 15 is 0 Å². The maximum absolute atomic E-state index is 13.5. The van der Waals surface area contributed by atoms with Gasteiger partial charge in [0.1, 0.15) is 11.6 Å². The third-order valence-electron chi connectivity index (χ3n) is 3.40. The lowest BCUT2D eigenvalue weighted by molar-refractivity contribution is 0.103. The van der Waals surface area contributed by atoms with Gasteiger partial charge in [0, 0.05) is 28.7 Å². The summed E-state index contributed by atoms with van der Waals surface area (Å²) < 4.78 is 18.6. The zero-order valence-electron chi connectivity index (χ0n) is 11.3. The molecule has 1 heterocycles. The number of anilines is 1. The van der Waals surface area contributed by atoms with Crippen LogP contribution in [-0.2, 0) is 0 Å². The van der Waals surface area contributed by atoms with Crippen molar-refractivity contribution < 1.29 is 13.9 Å². The number of para-hydroxylation sites is 1. The molecule has 0 fully saturated rings. The fraction of sp³-hybridized carbons (Fsp3) is 0.0625. The number of benzene rings is 2. The Morgan fingerprint density at radius 1 is 1.24 bits per heavy atom. The molecule has 5 heteroatoms. The van der Waals surface area contributed by atoms with Crippen LogP contribution in [0.15, 0.2) is 42.6 Å². The zero-order chi connectivity index (χ0) is 15.0. The second kappa shape index (κ2) is 4.94. The standard InChI is InChI=1S/C16H13FN2O2/c1-21-15-7-12(17)13(18)6-10(15)16(20)11-8-19-14-5-3-2-4-9(11)14/h2-8,19H,18H2,1H3. The fourth-order valence-electron chi connectivity index (χ4n) is 2.32. The Kier molecular flexibility index (Phi) is 3.10. The van der Waals surface area contributed by atoms with Crippen molar-refractivity contribution in [1.82, 2.24) is 4.98 Å². The van der Waals surface area contributed by atoms with E-state index in [1.54, 1.807) is 6.20 Å². The van der Waals surface area contributed by atoms with E-state index in [0.29, 0.717) is 5.56 Å². The zero-order valence-corrected chi connectivity index (χ0v) is 11.3. The van der Waals surface area contributed by atoms with Gasteiger partial charge >= 0.3 is 0 Å². The number of carbonyl (C=O) groups excluding carboxylic acids is 1. The first-order valence-electron chi connectivity index (χ1n) is 6.35. The number of nitrogen functional groups attached to an aromatic ring is 1. The molecule has 0 aliphatic rings. The van der Waals surface area contributed by atoms with Crippen molar-refractivity contribution in [3.05, 3.63) is 59.5 Å². The van der Waals surface area contributed by atoms with E-state index in [2.05, 4.69) is 4.98 Å². The third-order valence-corrected chi connectivity index (χ3v) is 3.40. The lowest BCUT2D eigenvalue weighted by Crippen LogP contribution is -2.06. The molecule has 0 radical (unpaired) electrons. The van der Waals surface area contributed by atoms with Crippen LogP contribution in [0.4, 0.5) is 10.1 Å². The summed E-state index contributed by atoms with van der Waals surface area (Å²) in [6.45, 7) is 0. The molecule has 2 aromatic carbocycles. The molecule has 4 nitrogen and oxygen atoms in total. The summed E-state index contributed by atoms with van der Waals surface area (Å²) in [7, 11) is 1.39. The van der Waals surface area contributed by atoms with Gasteiger partial charge in [0.05, 0.1) is 18.4 Å². The largest absolute Gasteiger partial charge is 0.496 e. The SMILES string of the molecule is COc1cc(F)c(N)cc1C(=O)c1c[nH]c2ccccc12. The van der Waals surface area contributed by atoms with E-state index < -0.39 is 5.82 Å². The normalized spacial score (nSPS) is 10.8. The Morgan fingerprint density at radius 3 is 2.76 bits per heavy atom. The lowest BCUT2D eigenvalue weighted by Gasteiger charge is -2.09. The van der Waals surface area contributed by atoms with Gasteiger partial charge in [-0.25, -0.2) is 4.39 Å². The van der Waals surface area contributed by atoms with Crippen LogP contribution < -0.4 is 10.5 Å². The van der Waals surface area contributed by atoms with Crippen LogP contribution >= 0.6 is 0 Å². The molecule has 0 aliphatic heterocycles. The molecule has 0 aliphatic carbocycles. The number of hydrogen-bond acceptors (Lipinski definition) is 3. The van der Waals surface area contributed by atoms with Crippen molar-refractivity contribution in [3.8, 4) is 5.75 Å². The molecule has 3 rings (SSSR count). The number of rotatable bonds is 3. The van der Waals surface area contributed by atoms with Crippen molar-refractivity contribution >= 4 is 22.4 Å². The molecule has 0 spiro atoms. The number of H-pyrrole nitrogens is 1. The first-order valence-corrected chi connectivity index (χ1v) is 6.35. The van der Waals surface area contributed by atoms with Crippen LogP contribution in [0.2, 0.25) is 0 Å². The van der Waals surface area contributed by atoms with E-state index in [0.717, 1.165) is 17.0 Å². The van der Waals surface area contributed by atoms with Gasteiger partial charge in [0.15, 0.2) is 5.78 Å². The van der Waals surface area contributed by atoms with E-state index in [1.165, 1.54) is 13.2 Å². The molecule has 0 saturated carbocycles. The summed E-state index contributed by atoms with van der Waals surface area (Å²) in [6.07, 6.45) is 1.63. The lowest BCUT2D eigenvalue weighted by atomic mass is 10.0. The summed E-state index contributed by atoms with van der Waals surface area (Å²) in [5.41, 5.74) is 7.06. The highest BCUT2D eigenvalue weighted by molar-refractivity contribution is 6.17. The number of carbonyl (C=O) groups is 1. The van der Waals surface area contributed by atoms with E-state index in [9.17, 15) is 9.18 Å². The average Bonchev–Trinajstić information content (AvgIpc) is 2.92. The number of halogens is 1. The van der Waals surface area contributed by atoms with Crippen molar-refractivity contribution in [2.75, 3.05) is 12.8 Å². The van der Waals surface area contributed by atoms with Gasteiger partial charge in [-0.3, -0.25) is 4.79 Å². The minimum atomic E-state index is -0.609. The van der Waals surface area contributed by atoms with E-state index in [-0.39, 0.29) is 22.8 Å². The van der Waals surface area contributed by atoms with Gasteiger partial charge in [-0.1, -0.05) is 18.2 Å². The van der Waals surface area contributed by atoms with Crippen LogP contribution in [0.5, 0.6) is 5.75 Å². The van der Waals surface area contributed by atoms with Crippen molar-refractivity contribution in [2.45, 2.75) is 0 Å². The first-order chi connectivity index (χ1) is 10.1. The Bertz CT molecular complexity index is 839. The maximum atomic E-state index is 13.5. The van der Waals surface area contributed by atoms with Crippen LogP contribution in [0.3, 0.4) is 0 Å². The number of nitrogens with two attached hydrogens (primary N) is 1. The first kappa shape index (κ1) is 13.2. The smallest absolute Gasteiger partial charge is 0.198 e. The van der Waals surface area contributed by atoms with Gasteiger partial charge in [-0.15, -0.1) is 0 Å². The van der Waals surface area contributed by atoms with Gasteiger partial charge in [0.25, 0.3) is 0 Å². The van der Waals surface area contributed by atoms with Crippen molar-refractivity contribution in [2.24, 2.45) is 0 Å². The van der Waals surface area contributed by atoms with Crippen LogP contribution in [-0.4, -0.2) is 17.9 Å².